The van der Waals surface area contributed by atoms with Gasteiger partial charge in [0, 0.05) is 39.6 Å². The van der Waals surface area contributed by atoms with Crippen LogP contribution in [0.3, 0.4) is 0 Å². The van der Waals surface area contributed by atoms with Crippen LogP contribution in [0.5, 0.6) is 0 Å². The number of carbonyl (C=O) groups excluding carboxylic acids is 1. The molecule has 0 saturated carbocycles. The first-order valence-electron chi connectivity index (χ1n) is 7.01. The number of rotatable bonds is 7. The molecule has 0 spiro atoms. The summed E-state index contributed by atoms with van der Waals surface area (Å²) in [5.41, 5.74) is 0. The van der Waals surface area contributed by atoms with Gasteiger partial charge in [0.1, 0.15) is 0 Å². The van der Waals surface area contributed by atoms with Crippen LogP contribution in [-0.4, -0.2) is 48.7 Å². The summed E-state index contributed by atoms with van der Waals surface area (Å²) in [4.78, 5) is 24.5. The third kappa shape index (κ3) is 6.05. The Morgan fingerprint density at radius 1 is 1.37 bits per heavy atom. The summed E-state index contributed by atoms with van der Waals surface area (Å²) >= 11 is 0. The zero-order chi connectivity index (χ0) is 14.3. The van der Waals surface area contributed by atoms with Crippen molar-refractivity contribution < 1.29 is 19.4 Å². The predicted octanol–water partition coefficient (Wildman–Crippen LogP) is 1.76. The number of nitrogens with zero attached hydrogens (tertiary/aromatic N) is 1. The van der Waals surface area contributed by atoms with E-state index in [9.17, 15) is 9.59 Å². The van der Waals surface area contributed by atoms with E-state index in [2.05, 4.69) is 0 Å². The molecular weight excluding hydrogens is 246 g/mol. The van der Waals surface area contributed by atoms with Crippen LogP contribution in [0.1, 0.15) is 39.0 Å². The molecular formula is C14H25NO4. The Hall–Kier alpha value is -1.10. The molecule has 1 aliphatic heterocycles. The highest BCUT2D eigenvalue weighted by atomic mass is 16.5. The second-order valence-corrected chi connectivity index (χ2v) is 5.52. The van der Waals surface area contributed by atoms with Crippen molar-refractivity contribution in [3.63, 3.8) is 0 Å². The first kappa shape index (κ1) is 16.0. The monoisotopic (exact) mass is 271 g/mol. The predicted molar refractivity (Wildman–Crippen MR) is 71.8 cm³/mol. The van der Waals surface area contributed by atoms with Crippen molar-refractivity contribution in [3.8, 4) is 0 Å². The van der Waals surface area contributed by atoms with Crippen LogP contribution in [0, 0.1) is 11.8 Å². The minimum absolute atomic E-state index is 0.196. The molecule has 1 amide bonds. The van der Waals surface area contributed by atoms with E-state index in [4.69, 9.17) is 9.84 Å². The number of ether oxygens (including phenoxy) is 1. The topological polar surface area (TPSA) is 66.8 Å². The number of carboxylic acid groups (broad SMARTS) is 1. The third-order valence-electron chi connectivity index (χ3n) is 3.71. The minimum Gasteiger partial charge on any atom is -0.481 e. The number of likely N-dealkylation sites (tertiary alicyclic amines) is 1. The molecule has 1 atom stereocenters. The molecule has 5 nitrogen and oxygen atoms in total. The highest BCUT2D eigenvalue weighted by Crippen LogP contribution is 2.22. The lowest BCUT2D eigenvalue weighted by molar-refractivity contribution is -0.138. The molecule has 5 heteroatoms. The molecule has 1 N–H and O–H groups in total. The van der Waals surface area contributed by atoms with Crippen LogP contribution in [-0.2, 0) is 14.3 Å². The van der Waals surface area contributed by atoms with Gasteiger partial charge < -0.3 is 14.7 Å². The maximum atomic E-state index is 12.0. The van der Waals surface area contributed by atoms with E-state index in [0.717, 1.165) is 32.4 Å². The lowest BCUT2D eigenvalue weighted by atomic mass is 9.92. The van der Waals surface area contributed by atoms with Crippen molar-refractivity contribution in [2.75, 3.05) is 26.8 Å². The number of amides is 1. The third-order valence-corrected chi connectivity index (χ3v) is 3.71. The molecule has 19 heavy (non-hydrogen) atoms. The summed E-state index contributed by atoms with van der Waals surface area (Å²) in [6, 6.07) is 0. The Morgan fingerprint density at radius 3 is 2.53 bits per heavy atom. The number of methoxy groups -OCH3 is 1. The maximum Gasteiger partial charge on any atom is 0.303 e. The summed E-state index contributed by atoms with van der Waals surface area (Å²) in [7, 11) is 1.65. The lowest BCUT2D eigenvalue weighted by Crippen LogP contribution is -2.39. The summed E-state index contributed by atoms with van der Waals surface area (Å²) < 4.78 is 5.04. The van der Waals surface area contributed by atoms with E-state index >= 15 is 0 Å². The number of carbonyl (C=O) groups is 2. The van der Waals surface area contributed by atoms with Gasteiger partial charge >= 0.3 is 5.97 Å². The van der Waals surface area contributed by atoms with E-state index in [-0.39, 0.29) is 18.2 Å². The average molecular weight is 271 g/mol. The van der Waals surface area contributed by atoms with Crippen LogP contribution in [0.15, 0.2) is 0 Å². The fourth-order valence-electron chi connectivity index (χ4n) is 2.57. The van der Waals surface area contributed by atoms with E-state index in [1.54, 1.807) is 7.11 Å². The normalized spacial score (nSPS) is 18.3. The molecule has 110 valence electrons. The lowest BCUT2D eigenvalue weighted by Gasteiger charge is -2.32. The number of carboxylic acids is 1. The molecule has 1 fully saturated rings. The molecule has 0 bridgehead atoms. The standard InChI is InChI=1S/C14H25NO4/c1-11(10-19-2)9-13(16)15-7-5-12(6-8-15)3-4-14(17)18/h11-12H,3-10H2,1-2H3,(H,17,18). The van der Waals surface area contributed by atoms with Gasteiger partial charge in [0.2, 0.25) is 5.91 Å². The first-order valence-corrected chi connectivity index (χ1v) is 7.01. The van der Waals surface area contributed by atoms with Gasteiger partial charge in [0.25, 0.3) is 0 Å². The van der Waals surface area contributed by atoms with Crippen molar-refractivity contribution in [1.29, 1.82) is 0 Å². The fourth-order valence-corrected chi connectivity index (χ4v) is 2.57. The Balaban J connectivity index is 2.25. The highest BCUT2D eigenvalue weighted by molar-refractivity contribution is 5.76. The van der Waals surface area contributed by atoms with Crippen LogP contribution in [0.4, 0.5) is 0 Å². The zero-order valence-corrected chi connectivity index (χ0v) is 11.9. The quantitative estimate of drug-likeness (QED) is 0.766. The highest BCUT2D eigenvalue weighted by Gasteiger charge is 2.23. The Bertz CT molecular complexity index is 298. The van der Waals surface area contributed by atoms with Gasteiger partial charge in [-0.3, -0.25) is 9.59 Å². The van der Waals surface area contributed by atoms with Gasteiger partial charge in [-0.2, -0.15) is 0 Å². The van der Waals surface area contributed by atoms with Crippen molar-refractivity contribution in [3.05, 3.63) is 0 Å². The minimum atomic E-state index is -0.730. The smallest absolute Gasteiger partial charge is 0.303 e. The second-order valence-electron chi connectivity index (χ2n) is 5.52. The van der Waals surface area contributed by atoms with Crippen LogP contribution >= 0.6 is 0 Å². The Labute approximate surface area is 114 Å². The SMILES string of the molecule is COCC(C)CC(=O)N1CCC(CCC(=O)O)CC1. The number of hydrogen-bond acceptors (Lipinski definition) is 3. The van der Waals surface area contributed by atoms with E-state index in [1.807, 2.05) is 11.8 Å². The van der Waals surface area contributed by atoms with Gasteiger partial charge in [-0.15, -0.1) is 0 Å². The van der Waals surface area contributed by atoms with Crippen molar-refractivity contribution in [1.82, 2.24) is 4.90 Å². The number of aliphatic carboxylic acids is 1. The van der Waals surface area contributed by atoms with Gasteiger partial charge in [0.05, 0.1) is 0 Å². The molecule has 0 aromatic rings. The van der Waals surface area contributed by atoms with Gasteiger partial charge in [-0.25, -0.2) is 0 Å². The number of hydrogen-bond donors (Lipinski definition) is 1. The Morgan fingerprint density at radius 2 is 2.00 bits per heavy atom. The molecule has 1 aliphatic rings. The molecule has 1 rings (SSSR count). The largest absolute Gasteiger partial charge is 0.481 e. The summed E-state index contributed by atoms with van der Waals surface area (Å²) in [6.07, 6.45) is 3.36. The van der Waals surface area contributed by atoms with Gasteiger partial charge in [-0.05, 0) is 31.1 Å². The zero-order valence-electron chi connectivity index (χ0n) is 11.9. The molecule has 0 aromatic carbocycles. The van der Waals surface area contributed by atoms with Crippen molar-refractivity contribution in [2.45, 2.75) is 39.0 Å². The van der Waals surface area contributed by atoms with Gasteiger partial charge in [-0.1, -0.05) is 6.92 Å². The van der Waals surface area contributed by atoms with E-state index in [0.29, 0.717) is 18.9 Å². The molecule has 1 saturated heterocycles. The summed E-state index contributed by atoms with van der Waals surface area (Å²) in [5, 5.41) is 8.66. The van der Waals surface area contributed by atoms with E-state index in [1.165, 1.54) is 0 Å². The average Bonchev–Trinajstić information content (AvgIpc) is 2.37. The summed E-state index contributed by atoms with van der Waals surface area (Å²) in [5.74, 6) is 0.173. The molecule has 0 aromatic heterocycles. The van der Waals surface area contributed by atoms with E-state index < -0.39 is 5.97 Å². The molecule has 1 heterocycles. The Kier molecular flexibility index (Phi) is 6.84. The second kappa shape index (κ2) is 8.15. The van der Waals surface area contributed by atoms with Crippen LogP contribution < -0.4 is 0 Å². The van der Waals surface area contributed by atoms with Crippen molar-refractivity contribution in [2.24, 2.45) is 11.8 Å². The van der Waals surface area contributed by atoms with Crippen LogP contribution in [0.2, 0.25) is 0 Å². The molecule has 1 unspecified atom stereocenters. The first-order chi connectivity index (χ1) is 9.02. The summed E-state index contributed by atoms with van der Waals surface area (Å²) in [6.45, 7) is 4.16. The number of piperidine rings is 1. The van der Waals surface area contributed by atoms with Gasteiger partial charge in [0.15, 0.2) is 0 Å². The fraction of sp³-hybridized carbons (Fsp3) is 0.857. The maximum absolute atomic E-state index is 12.0. The van der Waals surface area contributed by atoms with Crippen LogP contribution in [0.25, 0.3) is 0 Å². The molecule has 0 aliphatic carbocycles. The molecule has 0 radical (unpaired) electrons. The van der Waals surface area contributed by atoms with Crippen molar-refractivity contribution >= 4 is 11.9 Å².